The Morgan fingerprint density at radius 1 is 1.11 bits per heavy atom. The Kier molecular flexibility index (Phi) is 6.66. The molecule has 27 heavy (non-hydrogen) atoms. The van der Waals surface area contributed by atoms with E-state index in [0.717, 1.165) is 37.4 Å². The Morgan fingerprint density at radius 3 is 2.63 bits per heavy atom. The minimum atomic E-state index is -0.372. The molecule has 2 aromatic rings. The van der Waals surface area contributed by atoms with Gasteiger partial charge in [-0.25, -0.2) is 4.79 Å². The summed E-state index contributed by atoms with van der Waals surface area (Å²) < 4.78 is 10.7. The van der Waals surface area contributed by atoms with E-state index in [1.165, 1.54) is 0 Å². The normalized spacial score (nSPS) is 13.7. The molecular formula is C23H21NO3. The van der Waals surface area contributed by atoms with Crippen LogP contribution in [-0.4, -0.2) is 43.7 Å². The third-order valence-corrected chi connectivity index (χ3v) is 4.17. The highest BCUT2D eigenvalue weighted by Gasteiger charge is 2.09. The predicted molar refractivity (Wildman–Crippen MR) is 104 cm³/mol. The minimum Gasteiger partial charge on any atom is -0.423 e. The summed E-state index contributed by atoms with van der Waals surface area (Å²) in [6, 6.07) is 14.3. The van der Waals surface area contributed by atoms with Gasteiger partial charge in [0.25, 0.3) is 0 Å². The molecule has 4 nitrogen and oxygen atoms in total. The zero-order chi connectivity index (χ0) is 18.9. The number of esters is 1. The quantitative estimate of drug-likeness (QED) is 0.480. The molecule has 0 saturated carbocycles. The van der Waals surface area contributed by atoms with E-state index in [4.69, 9.17) is 9.47 Å². The molecule has 1 aliphatic heterocycles. The zero-order valence-electron chi connectivity index (χ0n) is 15.3. The molecular weight excluding hydrogens is 338 g/mol. The highest BCUT2D eigenvalue weighted by atomic mass is 16.5. The summed E-state index contributed by atoms with van der Waals surface area (Å²) in [5, 5.41) is 0. The topological polar surface area (TPSA) is 38.8 Å². The molecule has 0 atom stereocenters. The van der Waals surface area contributed by atoms with Crippen LogP contribution in [0.3, 0.4) is 0 Å². The number of morpholine rings is 1. The fourth-order valence-corrected chi connectivity index (χ4v) is 2.63. The molecule has 1 saturated heterocycles. The van der Waals surface area contributed by atoms with Gasteiger partial charge in [-0.2, -0.15) is 0 Å². The number of hydrogen-bond acceptors (Lipinski definition) is 4. The lowest BCUT2D eigenvalue weighted by molar-refractivity contribution is 0.0443. The average Bonchev–Trinajstić information content (AvgIpc) is 2.70. The second-order valence-electron chi connectivity index (χ2n) is 6.17. The number of carbonyl (C=O) groups is 1. The van der Waals surface area contributed by atoms with E-state index in [1.807, 2.05) is 25.1 Å². The van der Waals surface area contributed by atoms with E-state index in [2.05, 4.69) is 28.6 Å². The first-order valence-electron chi connectivity index (χ1n) is 8.89. The van der Waals surface area contributed by atoms with Gasteiger partial charge in [0.1, 0.15) is 5.75 Å². The Labute approximate surface area is 160 Å². The molecule has 0 aromatic heterocycles. The van der Waals surface area contributed by atoms with Gasteiger partial charge < -0.3 is 9.47 Å². The molecule has 3 rings (SSSR count). The Bertz CT molecular complexity index is 907. The third kappa shape index (κ3) is 5.72. The average molecular weight is 359 g/mol. The summed E-state index contributed by atoms with van der Waals surface area (Å²) in [5.74, 6) is 12.1. The fourth-order valence-electron chi connectivity index (χ4n) is 2.63. The van der Waals surface area contributed by atoms with Crippen LogP contribution in [0.25, 0.3) is 0 Å². The number of carbonyl (C=O) groups excluding carboxylic acids is 1. The van der Waals surface area contributed by atoms with Crippen LogP contribution in [0.4, 0.5) is 0 Å². The molecule has 0 radical (unpaired) electrons. The zero-order valence-corrected chi connectivity index (χ0v) is 15.3. The summed E-state index contributed by atoms with van der Waals surface area (Å²) in [4.78, 5) is 14.4. The van der Waals surface area contributed by atoms with Crippen molar-refractivity contribution in [2.75, 3.05) is 32.8 Å². The molecule has 0 N–H and O–H groups in total. The highest BCUT2D eigenvalue weighted by molar-refractivity contribution is 5.91. The lowest BCUT2D eigenvalue weighted by atomic mass is 10.1. The van der Waals surface area contributed by atoms with Crippen molar-refractivity contribution >= 4 is 5.97 Å². The first-order chi connectivity index (χ1) is 13.2. The van der Waals surface area contributed by atoms with E-state index in [9.17, 15) is 4.79 Å². The van der Waals surface area contributed by atoms with Crippen LogP contribution in [0.5, 0.6) is 5.75 Å². The molecule has 0 aliphatic carbocycles. The number of hydrogen-bond donors (Lipinski definition) is 0. The molecule has 2 aromatic carbocycles. The fraction of sp³-hybridized carbons (Fsp3) is 0.261. The number of rotatable bonds is 3. The van der Waals surface area contributed by atoms with Gasteiger partial charge in [0.15, 0.2) is 0 Å². The van der Waals surface area contributed by atoms with Crippen molar-refractivity contribution in [1.82, 2.24) is 4.90 Å². The van der Waals surface area contributed by atoms with Crippen LogP contribution in [0, 0.1) is 30.6 Å². The lowest BCUT2D eigenvalue weighted by Crippen LogP contribution is -2.36. The van der Waals surface area contributed by atoms with Crippen molar-refractivity contribution in [1.29, 1.82) is 0 Å². The van der Waals surface area contributed by atoms with Gasteiger partial charge in [0.05, 0.1) is 25.3 Å². The van der Waals surface area contributed by atoms with E-state index in [0.29, 0.717) is 17.9 Å². The molecule has 1 aliphatic rings. The first kappa shape index (κ1) is 18.7. The second kappa shape index (κ2) is 9.59. The summed E-state index contributed by atoms with van der Waals surface area (Å²) in [6.45, 7) is 6.03. The van der Waals surface area contributed by atoms with Crippen molar-refractivity contribution in [2.45, 2.75) is 6.92 Å². The van der Waals surface area contributed by atoms with Gasteiger partial charge in [-0.1, -0.05) is 30.0 Å². The van der Waals surface area contributed by atoms with Crippen LogP contribution in [-0.2, 0) is 4.74 Å². The summed E-state index contributed by atoms with van der Waals surface area (Å²) in [5.41, 5.74) is 2.33. The lowest BCUT2D eigenvalue weighted by Gasteiger charge is -2.24. The van der Waals surface area contributed by atoms with Crippen LogP contribution in [0.15, 0.2) is 48.5 Å². The first-order valence-corrected chi connectivity index (χ1v) is 8.89. The maximum atomic E-state index is 12.1. The van der Waals surface area contributed by atoms with Gasteiger partial charge in [-0.05, 0) is 54.7 Å². The Balaban J connectivity index is 1.58. The maximum Gasteiger partial charge on any atom is 0.343 e. The van der Waals surface area contributed by atoms with Crippen molar-refractivity contribution in [3.05, 3.63) is 65.2 Å². The molecule has 136 valence electrons. The van der Waals surface area contributed by atoms with E-state index < -0.39 is 0 Å². The largest absolute Gasteiger partial charge is 0.423 e. The van der Waals surface area contributed by atoms with Crippen LogP contribution in [0.2, 0.25) is 0 Å². The Hall–Kier alpha value is -3.05. The molecule has 0 amide bonds. The van der Waals surface area contributed by atoms with E-state index in [-0.39, 0.29) is 5.97 Å². The van der Waals surface area contributed by atoms with Crippen molar-refractivity contribution in [3.63, 3.8) is 0 Å². The van der Waals surface area contributed by atoms with Crippen LogP contribution < -0.4 is 4.74 Å². The van der Waals surface area contributed by atoms with Crippen molar-refractivity contribution < 1.29 is 14.3 Å². The van der Waals surface area contributed by atoms with Gasteiger partial charge in [-0.15, -0.1) is 0 Å². The maximum absolute atomic E-state index is 12.1. The molecule has 0 bridgehead atoms. The summed E-state index contributed by atoms with van der Waals surface area (Å²) >= 11 is 0. The van der Waals surface area contributed by atoms with Gasteiger partial charge >= 0.3 is 5.97 Å². The molecule has 4 heteroatoms. The number of nitrogens with zero attached hydrogens (tertiary/aromatic N) is 1. The molecule has 1 fully saturated rings. The number of aryl methyl sites for hydroxylation is 1. The second-order valence-corrected chi connectivity index (χ2v) is 6.17. The van der Waals surface area contributed by atoms with Crippen LogP contribution >= 0.6 is 0 Å². The predicted octanol–water partition coefficient (Wildman–Crippen LogP) is 2.90. The minimum absolute atomic E-state index is 0.372. The van der Waals surface area contributed by atoms with E-state index >= 15 is 0 Å². The number of ether oxygens (including phenoxy) is 2. The summed E-state index contributed by atoms with van der Waals surface area (Å²) in [6.07, 6.45) is 0. The van der Waals surface area contributed by atoms with Crippen molar-refractivity contribution in [3.8, 4) is 29.4 Å². The van der Waals surface area contributed by atoms with Gasteiger partial charge in [-0.3, -0.25) is 4.90 Å². The third-order valence-electron chi connectivity index (χ3n) is 4.17. The number of benzene rings is 2. The smallest absolute Gasteiger partial charge is 0.343 e. The highest BCUT2D eigenvalue weighted by Crippen LogP contribution is 2.18. The molecule has 0 unspecified atom stereocenters. The van der Waals surface area contributed by atoms with Crippen molar-refractivity contribution in [2.24, 2.45) is 0 Å². The SMILES string of the molecule is Cc1cc(OC(=O)c2ccccc2)ccc1C#CC#CCN1CCOCC1. The monoisotopic (exact) mass is 359 g/mol. The summed E-state index contributed by atoms with van der Waals surface area (Å²) in [7, 11) is 0. The molecule has 1 heterocycles. The van der Waals surface area contributed by atoms with Gasteiger partial charge in [0, 0.05) is 18.7 Å². The standard InChI is InChI=1S/C23H21NO3/c1-19-18-22(27-23(25)21-9-4-2-5-10-21)12-11-20(19)8-6-3-7-13-24-14-16-26-17-15-24/h2,4-5,9-12,18H,13-17H2,1H3. The van der Waals surface area contributed by atoms with Gasteiger partial charge in [0.2, 0.25) is 0 Å². The van der Waals surface area contributed by atoms with E-state index in [1.54, 1.807) is 30.3 Å². The molecule has 0 spiro atoms. The Morgan fingerprint density at radius 2 is 1.89 bits per heavy atom. The van der Waals surface area contributed by atoms with Crippen LogP contribution in [0.1, 0.15) is 21.5 Å².